The van der Waals surface area contributed by atoms with Gasteiger partial charge < -0.3 is 14.4 Å². The van der Waals surface area contributed by atoms with Gasteiger partial charge in [0.05, 0.1) is 18.1 Å². The zero-order valence-corrected chi connectivity index (χ0v) is 15.8. The highest BCUT2D eigenvalue weighted by Gasteiger charge is 2.47. The number of piperidine rings is 1. The monoisotopic (exact) mass is 379 g/mol. The van der Waals surface area contributed by atoms with E-state index in [2.05, 4.69) is 15.2 Å². The number of hydrogen-bond acceptors (Lipinski definition) is 6. The highest BCUT2D eigenvalue weighted by atomic mass is 16.5. The van der Waals surface area contributed by atoms with Crippen molar-refractivity contribution in [3.63, 3.8) is 0 Å². The molecule has 1 aliphatic carbocycles. The van der Waals surface area contributed by atoms with E-state index < -0.39 is 5.54 Å². The third-order valence-electron chi connectivity index (χ3n) is 6.15. The fraction of sp³-hybridized carbons (Fsp3) is 0.455. The molecule has 2 aliphatic heterocycles. The second-order valence-corrected chi connectivity index (χ2v) is 8.15. The first-order valence-electron chi connectivity index (χ1n) is 10.0. The molecule has 28 heavy (non-hydrogen) atoms. The number of aromatic nitrogens is 1. The van der Waals surface area contributed by atoms with Crippen molar-refractivity contribution >= 4 is 11.7 Å². The number of anilines is 1. The third-order valence-corrected chi connectivity index (χ3v) is 6.15. The summed E-state index contributed by atoms with van der Waals surface area (Å²) < 4.78 is 11.5. The van der Waals surface area contributed by atoms with Crippen molar-refractivity contribution in [3.8, 4) is 5.75 Å². The number of rotatable bonds is 7. The van der Waals surface area contributed by atoms with Crippen LogP contribution in [0.2, 0.25) is 0 Å². The summed E-state index contributed by atoms with van der Waals surface area (Å²) in [7, 11) is 0. The Bertz CT molecular complexity index is 843. The number of pyridine rings is 1. The number of nitrogens with one attached hydrogen (secondary N) is 1. The van der Waals surface area contributed by atoms with Crippen molar-refractivity contribution in [1.29, 1.82) is 0 Å². The van der Waals surface area contributed by atoms with Crippen LogP contribution in [0.1, 0.15) is 18.4 Å². The molecule has 5 rings (SSSR count). The average Bonchev–Trinajstić information content (AvgIpc) is 3.31. The number of hydrogen-bond donors (Lipinski definition) is 1. The number of benzene rings is 1. The molecule has 3 atom stereocenters. The molecule has 146 valence electrons. The predicted octanol–water partition coefficient (Wildman–Crippen LogP) is 2.39. The summed E-state index contributed by atoms with van der Waals surface area (Å²) in [6.07, 6.45) is 5.69. The minimum Gasteiger partial charge on any atom is -0.489 e. The number of carbonyl (C=O) groups excluding carboxylic acids is 1. The van der Waals surface area contributed by atoms with Crippen molar-refractivity contribution in [3.05, 3.63) is 54.4 Å². The Balaban J connectivity index is 1.19. The Hall–Kier alpha value is -2.60. The molecule has 1 saturated carbocycles. The van der Waals surface area contributed by atoms with Gasteiger partial charge in [-0.25, -0.2) is 4.79 Å². The fourth-order valence-corrected chi connectivity index (χ4v) is 4.12. The van der Waals surface area contributed by atoms with Crippen LogP contribution in [-0.4, -0.2) is 42.7 Å². The van der Waals surface area contributed by atoms with Gasteiger partial charge >= 0.3 is 5.97 Å². The highest BCUT2D eigenvalue weighted by Crippen LogP contribution is 2.46. The molecule has 3 aliphatic rings. The molecule has 2 saturated heterocycles. The Morgan fingerprint density at radius 1 is 1.21 bits per heavy atom. The van der Waals surface area contributed by atoms with E-state index >= 15 is 0 Å². The minimum atomic E-state index is -0.764. The average molecular weight is 379 g/mol. The maximum Gasteiger partial charge on any atom is 0.330 e. The molecule has 2 unspecified atom stereocenters. The van der Waals surface area contributed by atoms with Crippen LogP contribution < -0.4 is 15.0 Å². The number of esters is 1. The Labute approximate surface area is 164 Å². The van der Waals surface area contributed by atoms with Gasteiger partial charge in [-0.15, -0.1) is 0 Å². The fourth-order valence-electron chi connectivity index (χ4n) is 4.12. The van der Waals surface area contributed by atoms with E-state index in [4.69, 9.17) is 9.47 Å². The first-order valence-corrected chi connectivity index (χ1v) is 10.0. The Kier molecular flexibility index (Phi) is 4.43. The lowest BCUT2D eigenvalue weighted by Crippen LogP contribution is -2.66. The normalized spacial score (nSPS) is 27.6. The van der Waals surface area contributed by atoms with Crippen LogP contribution in [0.4, 0.5) is 5.69 Å². The number of fused-ring (bicyclic) bond motifs is 1. The quantitative estimate of drug-likeness (QED) is 0.746. The molecule has 0 radical (unpaired) electrons. The van der Waals surface area contributed by atoms with Crippen LogP contribution in [-0.2, 0) is 16.1 Å². The van der Waals surface area contributed by atoms with E-state index in [1.807, 2.05) is 42.6 Å². The van der Waals surface area contributed by atoms with E-state index in [1.165, 1.54) is 6.42 Å². The molecule has 3 heterocycles. The van der Waals surface area contributed by atoms with Crippen molar-refractivity contribution in [2.24, 2.45) is 11.8 Å². The summed E-state index contributed by atoms with van der Waals surface area (Å²) in [4.78, 5) is 19.4. The van der Waals surface area contributed by atoms with Gasteiger partial charge in [0, 0.05) is 19.2 Å². The smallest absolute Gasteiger partial charge is 0.330 e. The molecule has 1 aromatic carbocycles. The second-order valence-electron chi connectivity index (χ2n) is 8.15. The number of carbonyl (C=O) groups is 1. The standard InChI is InChI=1S/C22H25N3O3/c26-21(27-14-16-4-2-1-3-5-16)22(6-7-24-22)15-28-20-9-19(10-23-11-20)25-12-17-8-18(17)13-25/h1-5,9-11,17-18,24H,6-8,12-15H2/t17?,18?,22-/m0/s1. The van der Waals surface area contributed by atoms with Gasteiger partial charge in [-0.2, -0.15) is 0 Å². The largest absolute Gasteiger partial charge is 0.489 e. The summed E-state index contributed by atoms with van der Waals surface area (Å²) in [5.74, 6) is 2.17. The van der Waals surface area contributed by atoms with Gasteiger partial charge in [-0.05, 0) is 36.8 Å². The molecule has 6 nitrogen and oxygen atoms in total. The van der Waals surface area contributed by atoms with E-state index in [1.54, 1.807) is 6.20 Å². The molecule has 1 N–H and O–H groups in total. The van der Waals surface area contributed by atoms with E-state index in [9.17, 15) is 4.79 Å². The zero-order chi connectivity index (χ0) is 19.0. The van der Waals surface area contributed by atoms with Crippen LogP contribution in [0, 0.1) is 11.8 Å². The van der Waals surface area contributed by atoms with Crippen LogP contribution >= 0.6 is 0 Å². The van der Waals surface area contributed by atoms with Crippen LogP contribution in [0.5, 0.6) is 5.75 Å². The first kappa shape index (κ1) is 17.5. The number of ether oxygens (including phenoxy) is 2. The van der Waals surface area contributed by atoms with Gasteiger partial charge in [0.15, 0.2) is 5.54 Å². The highest BCUT2D eigenvalue weighted by molar-refractivity contribution is 5.82. The summed E-state index contributed by atoms with van der Waals surface area (Å²) >= 11 is 0. The van der Waals surface area contributed by atoms with Gasteiger partial charge in [-0.1, -0.05) is 30.3 Å². The second kappa shape index (κ2) is 7.09. The van der Waals surface area contributed by atoms with Gasteiger partial charge in [0.2, 0.25) is 0 Å². The molecule has 3 fully saturated rings. The lowest BCUT2D eigenvalue weighted by Gasteiger charge is -2.40. The minimum absolute atomic E-state index is 0.247. The van der Waals surface area contributed by atoms with E-state index in [0.717, 1.165) is 42.7 Å². The number of nitrogens with zero attached hydrogens (tertiary/aromatic N) is 2. The van der Waals surface area contributed by atoms with Crippen molar-refractivity contribution in [2.75, 3.05) is 31.1 Å². The lowest BCUT2D eigenvalue weighted by atomic mass is 9.89. The van der Waals surface area contributed by atoms with Crippen molar-refractivity contribution < 1.29 is 14.3 Å². The van der Waals surface area contributed by atoms with E-state index in [-0.39, 0.29) is 19.2 Å². The Morgan fingerprint density at radius 3 is 2.71 bits per heavy atom. The zero-order valence-electron chi connectivity index (χ0n) is 15.8. The molecule has 0 amide bonds. The lowest BCUT2D eigenvalue weighted by molar-refractivity contribution is -0.158. The molecule has 2 aromatic rings. The van der Waals surface area contributed by atoms with Gasteiger partial charge in [0.1, 0.15) is 19.0 Å². The molecule has 0 spiro atoms. The summed E-state index contributed by atoms with van der Waals surface area (Å²) in [6, 6.07) is 11.7. The van der Waals surface area contributed by atoms with Crippen LogP contribution in [0.15, 0.2) is 48.8 Å². The third kappa shape index (κ3) is 3.44. The predicted molar refractivity (Wildman–Crippen MR) is 105 cm³/mol. The van der Waals surface area contributed by atoms with Crippen LogP contribution in [0.25, 0.3) is 0 Å². The molecule has 6 heteroatoms. The SMILES string of the molecule is O=C(OCc1ccccc1)[C@@]1(COc2cncc(N3CC4CC4C3)c2)CCN1. The topological polar surface area (TPSA) is 63.7 Å². The molecular formula is C22H25N3O3. The first-order chi connectivity index (χ1) is 13.7. The van der Waals surface area contributed by atoms with E-state index in [0.29, 0.717) is 12.2 Å². The van der Waals surface area contributed by atoms with Crippen LogP contribution in [0.3, 0.4) is 0 Å². The van der Waals surface area contributed by atoms with Crippen molar-refractivity contribution in [2.45, 2.75) is 25.0 Å². The maximum atomic E-state index is 12.7. The molecule has 0 bridgehead atoms. The molecule has 1 aromatic heterocycles. The summed E-state index contributed by atoms with van der Waals surface area (Å²) in [5, 5.41) is 3.22. The Morgan fingerprint density at radius 2 is 2.00 bits per heavy atom. The molecular weight excluding hydrogens is 354 g/mol. The van der Waals surface area contributed by atoms with Crippen molar-refractivity contribution in [1.82, 2.24) is 10.3 Å². The maximum absolute atomic E-state index is 12.7. The summed E-state index contributed by atoms with van der Waals surface area (Å²) in [6.45, 7) is 3.55. The summed E-state index contributed by atoms with van der Waals surface area (Å²) in [5.41, 5.74) is 1.32. The van der Waals surface area contributed by atoms with Gasteiger partial charge in [0.25, 0.3) is 0 Å². The van der Waals surface area contributed by atoms with Gasteiger partial charge in [-0.3, -0.25) is 10.3 Å².